The molecule has 114 valence electrons. The third-order valence-corrected chi connectivity index (χ3v) is 3.87. The van der Waals surface area contributed by atoms with E-state index in [4.69, 9.17) is 0 Å². The largest absolute Gasteiger partial charge is 0.504 e. The van der Waals surface area contributed by atoms with E-state index in [2.05, 4.69) is 5.32 Å². The van der Waals surface area contributed by atoms with Gasteiger partial charge in [-0.05, 0) is 44.1 Å². The number of phenolic OH excluding ortho intramolecular Hbond substituents is 2. The highest BCUT2D eigenvalue weighted by Crippen LogP contribution is 2.25. The number of nitrogens with one attached hydrogen (secondary N) is 1. The Morgan fingerprint density at radius 1 is 1.24 bits per heavy atom. The van der Waals surface area contributed by atoms with Crippen LogP contribution in [-0.2, 0) is 4.79 Å². The van der Waals surface area contributed by atoms with Gasteiger partial charge in [0.05, 0.1) is 6.54 Å². The maximum absolute atomic E-state index is 12.1. The molecule has 1 aliphatic rings. The van der Waals surface area contributed by atoms with Crippen molar-refractivity contribution in [2.24, 2.45) is 5.92 Å². The van der Waals surface area contributed by atoms with Gasteiger partial charge >= 0.3 is 0 Å². The van der Waals surface area contributed by atoms with Crippen molar-refractivity contribution in [3.05, 3.63) is 23.8 Å². The molecular weight excluding hydrogens is 272 g/mol. The fourth-order valence-electron chi connectivity index (χ4n) is 2.55. The highest BCUT2D eigenvalue weighted by molar-refractivity contribution is 5.98. The van der Waals surface area contributed by atoms with Crippen molar-refractivity contribution in [3.8, 4) is 11.5 Å². The van der Waals surface area contributed by atoms with E-state index >= 15 is 0 Å². The van der Waals surface area contributed by atoms with Crippen molar-refractivity contribution < 1.29 is 19.8 Å². The van der Waals surface area contributed by atoms with Crippen LogP contribution in [-0.4, -0.2) is 53.5 Å². The Labute approximate surface area is 123 Å². The van der Waals surface area contributed by atoms with Gasteiger partial charge in [0, 0.05) is 18.5 Å². The maximum Gasteiger partial charge on any atom is 0.222 e. The highest BCUT2D eigenvalue weighted by Gasteiger charge is 2.25. The molecule has 0 bridgehead atoms. The number of nitrogens with zero attached hydrogens (tertiary/aromatic N) is 1. The average Bonchev–Trinajstić information content (AvgIpc) is 2.50. The summed E-state index contributed by atoms with van der Waals surface area (Å²) in [6, 6.07) is 4.07. The molecule has 6 nitrogen and oxygen atoms in total. The summed E-state index contributed by atoms with van der Waals surface area (Å²) in [5, 5.41) is 21.3. The smallest absolute Gasteiger partial charge is 0.222 e. The van der Waals surface area contributed by atoms with Gasteiger partial charge in [-0.25, -0.2) is 0 Å². The zero-order valence-electron chi connectivity index (χ0n) is 12.0. The quantitative estimate of drug-likeness (QED) is 0.562. The molecule has 0 unspecified atom stereocenters. The molecule has 0 aliphatic carbocycles. The summed E-state index contributed by atoms with van der Waals surface area (Å²) in [6.45, 7) is 1.66. The molecule has 6 heteroatoms. The number of carbonyl (C=O) groups excluding carboxylic acids is 2. The lowest BCUT2D eigenvalue weighted by atomic mass is 9.95. The van der Waals surface area contributed by atoms with Gasteiger partial charge in [-0.2, -0.15) is 0 Å². The van der Waals surface area contributed by atoms with Gasteiger partial charge in [0.1, 0.15) is 0 Å². The lowest BCUT2D eigenvalue weighted by Crippen LogP contribution is -2.41. The molecule has 1 aromatic rings. The molecule has 1 aromatic carbocycles. The van der Waals surface area contributed by atoms with Crippen LogP contribution in [0.25, 0.3) is 0 Å². The van der Waals surface area contributed by atoms with Crippen LogP contribution in [0.2, 0.25) is 0 Å². The molecule has 2 rings (SSSR count). The number of hydrogen-bond donors (Lipinski definition) is 3. The number of Topliss-reactive ketones (excluding diaryl/α,β-unsaturated/α-hetero) is 1. The fourth-order valence-corrected chi connectivity index (χ4v) is 2.55. The zero-order valence-corrected chi connectivity index (χ0v) is 12.0. The van der Waals surface area contributed by atoms with Crippen LogP contribution < -0.4 is 5.32 Å². The molecule has 1 fully saturated rings. The van der Waals surface area contributed by atoms with Crippen molar-refractivity contribution in [2.75, 3.05) is 26.7 Å². The minimum absolute atomic E-state index is 0.0269. The van der Waals surface area contributed by atoms with Gasteiger partial charge in [0.2, 0.25) is 5.91 Å². The molecule has 1 amide bonds. The van der Waals surface area contributed by atoms with E-state index in [1.165, 1.54) is 18.2 Å². The van der Waals surface area contributed by atoms with E-state index in [1.54, 1.807) is 7.05 Å². The van der Waals surface area contributed by atoms with Gasteiger partial charge in [0.15, 0.2) is 17.3 Å². The molecule has 0 atom stereocenters. The monoisotopic (exact) mass is 292 g/mol. The Bertz CT molecular complexity index is 536. The Balaban J connectivity index is 1.89. The second kappa shape index (κ2) is 6.58. The number of benzene rings is 1. The molecule has 1 aliphatic heterocycles. The van der Waals surface area contributed by atoms with Crippen LogP contribution in [0, 0.1) is 5.92 Å². The molecule has 0 radical (unpaired) electrons. The van der Waals surface area contributed by atoms with Gasteiger partial charge < -0.3 is 15.5 Å². The standard InChI is InChI=1S/C15H20N2O4/c1-16-15(21)10-4-6-17(7-5-10)9-14(20)11-2-3-12(18)13(19)8-11/h2-3,8,10,18-19H,4-7,9H2,1H3,(H,16,21). The Hall–Kier alpha value is -2.08. The van der Waals surface area contributed by atoms with Crippen molar-refractivity contribution >= 4 is 11.7 Å². The topological polar surface area (TPSA) is 89.9 Å². The molecule has 0 spiro atoms. The van der Waals surface area contributed by atoms with E-state index in [0.29, 0.717) is 18.7 Å². The molecule has 0 aromatic heterocycles. The van der Waals surface area contributed by atoms with E-state index in [9.17, 15) is 19.8 Å². The number of hydrogen-bond acceptors (Lipinski definition) is 5. The number of ketones is 1. The Kier molecular flexibility index (Phi) is 4.80. The highest BCUT2D eigenvalue weighted by atomic mass is 16.3. The van der Waals surface area contributed by atoms with Gasteiger partial charge in [-0.3, -0.25) is 14.5 Å². The van der Waals surface area contributed by atoms with Crippen molar-refractivity contribution in [1.29, 1.82) is 0 Å². The van der Waals surface area contributed by atoms with Crippen molar-refractivity contribution in [1.82, 2.24) is 10.2 Å². The van der Waals surface area contributed by atoms with Crippen LogP contribution in [0.3, 0.4) is 0 Å². The Morgan fingerprint density at radius 3 is 2.48 bits per heavy atom. The molecule has 0 saturated carbocycles. The summed E-state index contributed by atoms with van der Waals surface area (Å²) in [4.78, 5) is 25.7. The van der Waals surface area contributed by atoms with E-state index in [0.717, 1.165) is 12.8 Å². The lowest BCUT2D eigenvalue weighted by Gasteiger charge is -2.30. The maximum atomic E-state index is 12.1. The third-order valence-electron chi connectivity index (χ3n) is 3.87. The molecule has 1 saturated heterocycles. The number of carbonyl (C=O) groups is 2. The predicted molar refractivity (Wildman–Crippen MR) is 77.3 cm³/mol. The number of phenols is 2. The minimum atomic E-state index is -0.292. The molecule has 1 heterocycles. The predicted octanol–water partition coefficient (Wildman–Crippen LogP) is 0.738. The first kappa shape index (κ1) is 15.3. The third kappa shape index (κ3) is 3.72. The first-order valence-corrected chi connectivity index (χ1v) is 7.00. The summed E-state index contributed by atoms with van der Waals surface area (Å²) < 4.78 is 0. The first-order valence-electron chi connectivity index (χ1n) is 7.00. The van der Waals surface area contributed by atoms with E-state index < -0.39 is 0 Å². The number of amides is 1. The summed E-state index contributed by atoms with van der Waals surface area (Å²) in [5.41, 5.74) is 0.374. The zero-order chi connectivity index (χ0) is 15.4. The molecular formula is C15H20N2O4. The van der Waals surface area contributed by atoms with Crippen LogP contribution in [0.15, 0.2) is 18.2 Å². The van der Waals surface area contributed by atoms with E-state index in [1.807, 2.05) is 4.90 Å². The van der Waals surface area contributed by atoms with Crippen molar-refractivity contribution in [2.45, 2.75) is 12.8 Å². The Morgan fingerprint density at radius 2 is 1.90 bits per heavy atom. The van der Waals surface area contributed by atoms with Gasteiger partial charge in [0.25, 0.3) is 0 Å². The fraction of sp³-hybridized carbons (Fsp3) is 0.467. The van der Waals surface area contributed by atoms with Gasteiger partial charge in [-0.15, -0.1) is 0 Å². The normalized spacial score (nSPS) is 16.6. The van der Waals surface area contributed by atoms with Crippen LogP contribution in [0.1, 0.15) is 23.2 Å². The van der Waals surface area contributed by atoms with Crippen LogP contribution in [0.5, 0.6) is 11.5 Å². The van der Waals surface area contributed by atoms with E-state index in [-0.39, 0.29) is 35.7 Å². The van der Waals surface area contributed by atoms with Crippen molar-refractivity contribution in [3.63, 3.8) is 0 Å². The van der Waals surface area contributed by atoms with Crippen LogP contribution >= 0.6 is 0 Å². The second-order valence-corrected chi connectivity index (χ2v) is 5.29. The van der Waals surface area contributed by atoms with Crippen LogP contribution in [0.4, 0.5) is 0 Å². The summed E-state index contributed by atoms with van der Waals surface area (Å²) >= 11 is 0. The minimum Gasteiger partial charge on any atom is -0.504 e. The number of aromatic hydroxyl groups is 2. The summed E-state index contributed by atoms with van der Waals surface area (Å²) in [7, 11) is 1.63. The molecule has 21 heavy (non-hydrogen) atoms. The summed E-state index contributed by atoms with van der Waals surface area (Å²) in [6.07, 6.45) is 1.49. The number of rotatable bonds is 4. The second-order valence-electron chi connectivity index (χ2n) is 5.29. The number of likely N-dealkylation sites (tertiary alicyclic amines) is 1. The average molecular weight is 292 g/mol. The lowest BCUT2D eigenvalue weighted by molar-refractivity contribution is -0.125. The number of piperidine rings is 1. The van der Waals surface area contributed by atoms with Gasteiger partial charge in [-0.1, -0.05) is 0 Å². The summed E-state index contributed by atoms with van der Waals surface area (Å²) in [5.74, 6) is -0.552. The first-order chi connectivity index (χ1) is 10.0. The SMILES string of the molecule is CNC(=O)C1CCN(CC(=O)c2ccc(O)c(O)c2)CC1. The molecule has 3 N–H and O–H groups in total.